The average Bonchev–Trinajstić information content (AvgIpc) is 2.85. The molecule has 0 saturated carbocycles. The molecule has 0 aliphatic carbocycles. The van der Waals surface area contributed by atoms with Crippen LogP contribution in [0.5, 0.6) is 5.75 Å². The molecule has 0 heterocycles. The topological polar surface area (TPSA) is 99.1 Å². The highest BCUT2D eigenvalue weighted by atomic mass is 32.2. The summed E-state index contributed by atoms with van der Waals surface area (Å²) in [4.78, 5) is 12.8. The standard InChI is InChI=1S/C26H23N3O4S/c1-19-11-14-21(15-12-19)29(34(32,33)22-8-3-2-4-9-22)18-26(31)28-27-17-24-23-10-6-5-7-20(23)13-16-25(24)30/h2-17,30H,18H2,1H3,(H,28,31)/b27-17+. The molecule has 34 heavy (non-hydrogen) atoms. The first-order chi connectivity index (χ1) is 16.4. The first-order valence-corrected chi connectivity index (χ1v) is 12.0. The highest BCUT2D eigenvalue weighted by Gasteiger charge is 2.27. The molecule has 4 rings (SSSR count). The van der Waals surface area contributed by atoms with Gasteiger partial charge in [-0.25, -0.2) is 13.8 Å². The number of carbonyl (C=O) groups excluding carboxylic acids is 1. The fourth-order valence-electron chi connectivity index (χ4n) is 3.50. The largest absolute Gasteiger partial charge is 0.507 e. The van der Waals surface area contributed by atoms with E-state index < -0.39 is 22.5 Å². The van der Waals surface area contributed by atoms with Crippen molar-refractivity contribution in [1.29, 1.82) is 0 Å². The van der Waals surface area contributed by atoms with Crippen molar-refractivity contribution in [2.75, 3.05) is 10.8 Å². The second kappa shape index (κ2) is 9.76. The zero-order valence-electron chi connectivity index (χ0n) is 18.4. The molecule has 4 aromatic carbocycles. The van der Waals surface area contributed by atoms with Crippen molar-refractivity contribution in [3.63, 3.8) is 0 Å². The molecule has 4 aromatic rings. The van der Waals surface area contributed by atoms with E-state index in [1.165, 1.54) is 18.3 Å². The lowest BCUT2D eigenvalue weighted by Crippen LogP contribution is -2.39. The molecule has 7 nitrogen and oxygen atoms in total. The first-order valence-electron chi connectivity index (χ1n) is 10.5. The van der Waals surface area contributed by atoms with Gasteiger partial charge in [0.05, 0.1) is 16.8 Å². The van der Waals surface area contributed by atoms with Crippen LogP contribution in [0.2, 0.25) is 0 Å². The fourth-order valence-corrected chi connectivity index (χ4v) is 4.94. The Morgan fingerprint density at radius 3 is 2.35 bits per heavy atom. The van der Waals surface area contributed by atoms with Crippen molar-refractivity contribution < 1.29 is 18.3 Å². The number of amides is 1. The van der Waals surface area contributed by atoms with E-state index in [0.717, 1.165) is 20.6 Å². The third-order valence-corrected chi connectivity index (χ3v) is 7.06. The Hall–Kier alpha value is -4.17. The van der Waals surface area contributed by atoms with Crippen LogP contribution >= 0.6 is 0 Å². The van der Waals surface area contributed by atoms with Crippen LogP contribution < -0.4 is 9.73 Å². The molecule has 1 amide bonds. The maximum atomic E-state index is 13.3. The van der Waals surface area contributed by atoms with Crippen molar-refractivity contribution in [2.24, 2.45) is 5.10 Å². The van der Waals surface area contributed by atoms with Crippen molar-refractivity contribution in [1.82, 2.24) is 5.43 Å². The summed E-state index contributed by atoms with van der Waals surface area (Å²) in [6.07, 6.45) is 1.34. The van der Waals surface area contributed by atoms with Gasteiger partial charge in [0.15, 0.2) is 0 Å². The number of nitrogens with one attached hydrogen (secondary N) is 1. The van der Waals surface area contributed by atoms with E-state index in [1.54, 1.807) is 54.6 Å². The van der Waals surface area contributed by atoms with E-state index in [9.17, 15) is 18.3 Å². The lowest BCUT2D eigenvalue weighted by atomic mass is 10.0. The minimum absolute atomic E-state index is 0.0182. The summed E-state index contributed by atoms with van der Waals surface area (Å²) >= 11 is 0. The van der Waals surface area contributed by atoms with E-state index in [-0.39, 0.29) is 10.6 Å². The summed E-state index contributed by atoms with van der Waals surface area (Å²) in [5.41, 5.74) is 4.15. The first kappa shape index (κ1) is 23.0. The van der Waals surface area contributed by atoms with Gasteiger partial charge in [-0.05, 0) is 48.0 Å². The minimum Gasteiger partial charge on any atom is -0.507 e. The van der Waals surface area contributed by atoms with E-state index in [1.807, 2.05) is 31.2 Å². The van der Waals surface area contributed by atoms with Gasteiger partial charge in [0, 0.05) is 5.56 Å². The van der Waals surface area contributed by atoms with Gasteiger partial charge in [-0.2, -0.15) is 5.10 Å². The summed E-state index contributed by atoms with van der Waals surface area (Å²) in [7, 11) is -3.99. The number of hydrogen-bond acceptors (Lipinski definition) is 5. The quantitative estimate of drug-likeness (QED) is 0.310. The number of carbonyl (C=O) groups is 1. The molecule has 0 fully saturated rings. The number of phenols is 1. The number of hydrogen-bond donors (Lipinski definition) is 2. The maximum absolute atomic E-state index is 13.3. The molecule has 0 radical (unpaired) electrons. The molecule has 0 aliphatic heterocycles. The molecular weight excluding hydrogens is 450 g/mol. The summed E-state index contributed by atoms with van der Waals surface area (Å²) in [6, 6.07) is 25.6. The van der Waals surface area contributed by atoms with Gasteiger partial charge in [-0.1, -0.05) is 66.2 Å². The number of sulfonamides is 1. The summed E-state index contributed by atoms with van der Waals surface area (Å²) < 4.78 is 27.7. The monoisotopic (exact) mass is 473 g/mol. The van der Waals surface area contributed by atoms with Gasteiger partial charge in [-0.15, -0.1) is 0 Å². The SMILES string of the molecule is Cc1ccc(N(CC(=O)N/N=C/c2c(O)ccc3ccccc23)S(=O)(=O)c2ccccc2)cc1. The molecule has 8 heteroatoms. The Labute approximate surface area is 198 Å². The molecule has 2 N–H and O–H groups in total. The third kappa shape index (κ3) is 4.92. The van der Waals surface area contributed by atoms with Gasteiger partial charge in [0.1, 0.15) is 12.3 Å². The number of hydrazone groups is 1. The van der Waals surface area contributed by atoms with Crippen LogP contribution in [0.15, 0.2) is 101 Å². The zero-order chi connectivity index (χ0) is 24.1. The summed E-state index contributed by atoms with van der Waals surface area (Å²) in [5, 5.41) is 15.9. The van der Waals surface area contributed by atoms with E-state index in [4.69, 9.17) is 0 Å². The predicted octanol–water partition coefficient (Wildman–Crippen LogP) is 4.20. The Kier molecular flexibility index (Phi) is 6.60. The second-order valence-electron chi connectivity index (χ2n) is 7.67. The highest BCUT2D eigenvalue weighted by Crippen LogP contribution is 2.26. The van der Waals surface area contributed by atoms with Gasteiger partial charge in [0.2, 0.25) is 0 Å². The number of aryl methyl sites for hydroxylation is 1. The van der Waals surface area contributed by atoms with Crippen molar-refractivity contribution >= 4 is 38.6 Å². The fraction of sp³-hybridized carbons (Fsp3) is 0.0769. The Morgan fingerprint density at radius 2 is 1.62 bits per heavy atom. The smallest absolute Gasteiger partial charge is 0.264 e. The Balaban J connectivity index is 1.58. The van der Waals surface area contributed by atoms with Crippen molar-refractivity contribution in [3.05, 3.63) is 102 Å². The molecule has 0 saturated heterocycles. The van der Waals surface area contributed by atoms with Crippen molar-refractivity contribution in [2.45, 2.75) is 11.8 Å². The molecular formula is C26H23N3O4S. The highest BCUT2D eigenvalue weighted by molar-refractivity contribution is 7.92. The van der Waals surface area contributed by atoms with E-state index in [0.29, 0.717) is 11.3 Å². The lowest BCUT2D eigenvalue weighted by Gasteiger charge is -2.23. The third-order valence-electron chi connectivity index (χ3n) is 5.27. The number of rotatable bonds is 7. The van der Waals surface area contributed by atoms with Crippen molar-refractivity contribution in [3.8, 4) is 5.75 Å². The molecule has 0 aromatic heterocycles. The van der Waals surface area contributed by atoms with Gasteiger partial charge in [-0.3, -0.25) is 9.10 Å². The van der Waals surface area contributed by atoms with Crippen LogP contribution in [0.1, 0.15) is 11.1 Å². The van der Waals surface area contributed by atoms with Crippen LogP contribution in [0.25, 0.3) is 10.8 Å². The number of benzene rings is 4. The van der Waals surface area contributed by atoms with Gasteiger partial charge < -0.3 is 5.11 Å². The van der Waals surface area contributed by atoms with E-state index in [2.05, 4.69) is 10.5 Å². The van der Waals surface area contributed by atoms with E-state index >= 15 is 0 Å². The van der Waals surface area contributed by atoms with Crippen LogP contribution in [0.3, 0.4) is 0 Å². The zero-order valence-corrected chi connectivity index (χ0v) is 19.2. The van der Waals surface area contributed by atoms with Gasteiger partial charge in [0.25, 0.3) is 15.9 Å². The summed E-state index contributed by atoms with van der Waals surface area (Å²) in [5.74, 6) is -0.610. The molecule has 0 atom stereocenters. The molecule has 0 unspecified atom stereocenters. The maximum Gasteiger partial charge on any atom is 0.264 e. The predicted molar refractivity (Wildman–Crippen MR) is 134 cm³/mol. The Bertz CT molecular complexity index is 1450. The van der Waals surface area contributed by atoms with Gasteiger partial charge >= 0.3 is 0 Å². The lowest BCUT2D eigenvalue weighted by molar-refractivity contribution is -0.119. The average molecular weight is 474 g/mol. The Morgan fingerprint density at radius 1 is 0.941 bits per heavy atom. The summed E-state index contributed by atoms with van der Waals surface area (Å²) in [6.45, 7) is 1.42. The molecule has 0 bridgehead atoms. The minimum atomic E-state index is -3.99. The number of aromatic hydroxyl groups is 1. The van der Waals surface area contributed by atoms with Crippen LogP contribution in [-0.2, 0) is 14.8 Å². The number of anilines is 1. The number of nitrogens with zero attached hydrogens (tertiary/aromatic N) is 2. The van der Waals surface area contributed by atoms with Crippen LogP contribution in [0.4, 0.5) is 5.69 Å². The normalized spacial score (nSPS) is 11.6. The molecule has 172 valence electrons. The molecule has 0 aliphatic rings. The number of phenolic OH excluding ortho intramolecular Hbond substituents is 1. The molecule has 0 spiro atoms. The van der Waals surface area contributed by atoms with Crippen LogP contribution in [-0.4, -0.2) is 32.2 Å². The van der Waals surface area contributed by atoms with Crippen LogP contribution in [0, 0.1) is 6.92 Å². The number of fused-ring (bicyclic) bond motifs is 1. The second-order valence-corrected chi connectivity index (χ2v) is 9.54.